The summed E-state index contributed by atoms with van der Waals surface area (Å²) in [5.41, 5.74) is 3.57. The average Bonchev–Trinajstić information content (AvgIpc) is 3.40. The summed E-state index contributed by atoms with van der Waals surface area (Å²) in [5.74, 6) is 0.152. The van der Waals surface area contributed by atoms with Gasteiger partial charge in [0.1, 0.15) is 6.54 Å². The first-order valence-corrected chi connectivity index (χ1v) is 9.51. The number of nitrogens with one attached hydrogen (secondary N) is 1. The maximum atomic E-state index is 12.8. The molecule has 1 aliphatic rings. The first-order chi connectivity index (χ1) is 13.6. The monoisotopic (exact) mass is 377 g/mol. The molecule has 5 rings (SSSR count). The van der Waals surface area contributed by atoms with Gasteiger partial charge in [0.15, 0.2) is 5.65 Å². The maximum absolute atomic E-state index is 12.8. The molecule has 8 heteroatoms. The van der Waals surface area contributed by atoms with Gasteiger partial charge >= 0.3 is 0 Å². The van der Waals surface area contributed by atoms with Crippen LogP contribution in [0.1, 0.15) is 0 Å². The number of H-pyrrole nitrogens is 1. The SMILES string of the molecule is CN1CCN(C(=O)Cn2cccc2-c2cc3c(ncc4c[nH]n(C)c43)n2)CC1. The summed E-state index contributed by atoms with van der Waals surface area (Å²) in [6, 6.07) is 6.03. The molecule has 0 atom stereocenters. The molecule has 0 radical (unpaired) electrons. The van der Waals surface area contributed by atoms with Crippen LogP contribution in [0, 0.1) is 0 Å². The Balaban J connectivity index is 1.46. The fourth-order valence-electron chi connectivity index (χ4n) is 3.96. The van der Waals surface area contributed by atoms with Crippen LogP contribution < -0.4 is 0 Å². The number of hydrogen-bond acceptors (Lipinski definition) is 4. The van der Waals surface area contributed by atoms with Gasteiger partial charge < -0.3 is 19.5 Å². The van der Waals surface area contributed by atoms with Crippen molar-refractivity contribution >= 4 is 27.8 Å². The van der Waals surface area contributed by atoms with E-state index in [0.29, 0.717) is 6.54 Å². The topological polar surface area (TPSA) is 75.0 Å². The smallest absolute Gasteiger partial charge is 0.242 e. The highest BCUT2D eigenvalue weighted by Crippen LogP contribution is 2.28. The molecule has 144 valence electrons. The summed E-state index contributed by atoms with van der Waals surface area (Å²) in [5, 5.41) is 5.24. The molecule has 8 nitrogen and oxygen atoms in total. The number of rotatable bonds is 3. The second-order valence-electron chi connectivity index (χ2n) is 7.48. The van der Waals surface area contributed by atoms with Crippen LogP contribution in [0.5, 0.6) is 0 Å². The van der Waals surface area contributed by atoms with Crippen LogP contribution in [0.3, 0.4) is 0 Å². The van der Waals surface area contributed by atoms with Gasteiger partial charge in [-0.15, -0.1) is 0 Å². The van der Waals surface area contributed by atoms with Crippen molar-refractivity contribution in [3.8, 4) is 11.4 Å². The van der Waals surface area contributed by atoms with Crippen LogP contribution in [-0.2, 0) is 18.4 Å². The summed E-state index contributed by atoms with van der Waals surface area (Å²) in [6.45, 7) is 3.76. The van der Waals surface area contributed by atoms with Crippen molar-refractivity contribution in [1.29, 1.82) is 0 Å². The highest BCUT2D eigenvalue weighted by molar-refractivity contribution is 6.04. The number of carbonyl (C=O) groups excluding carboxylic acids is 1. The first-order valence-electron chi connectivity index (χ1n) is 9.51. The molecule has 28 heavy (non-hydrogen) atoms. The van der Waals surface area contributed by atoms with Crippen molar-refractivity contribution < 1.29 is 4.79 Å². The molecule has 0 spiro atoms. The zero-order chi connectivity index (χ0) is 19.3. The van der Waals surface area contributed by atoms with Gasteiger partial charge in [-0.1, -0.05) is 0 Å². The van der Waals surface area contributed by atoms with E-state index < -0.39 is 0 Å². The van der Waals surface area contributed by atoms with E-state index >= 15 is 0 Å². The van der Waals surface area contributed by atoms with Gasteiger partial charge in [0, 0.05) is 62.6 Å². The Bertz CT molecular complexity index is 1160. The van der Waals surface area contributed by atoms with Crippen molar-refractivity contribution in [1.82, 2.24) is 34.1 Å². The Labute approximate surface area is 162 Å². The zero-order valence-electron chi connectivity index (χ0n) is 16.1. The van der Waals surface area contributed by atoms with Gasteiger partial charge in [0.05, 0.1) is 16.9 Å². The standard InChI is InChI=1S/C20H23N7O/c1-24-6-8-26(9-7-24)18(28)13-27-5-3-4-17(27)16-10-15-19-14(12-22-25(19)2)11-21-20(15)23-16/h3-5,10-12,22H,6-9,13H2,1-2H3. The predicted molar refractivity (Wildman–Crippen MR) is 108 cm³/mol. The Hall–Kier alpha value is -3.13. The lowest BCUT2D eigenvalue weighted by Crippen LogP contribution is -2.48. The number of aromatic nitrogens is 5. The van der Waals surface area contributed by atoms with E-state index in [2.05, 4.69) is 28.1 Å². The van der Waals surface area contributed by atoms with Crippen LogP contribution in [0.25, 0.3) is 33.3 Å². The van der Waals surface area contributed by atoms with E-state index in [-0.39, 0.29) is 5.91 Å². The summed E-state index contributed by atoms with van der Waals surface area (Å²) in [7, 11) is 4.07. The fourth-order valence-corrected chi connectivity index (χ4v) is 3.96. The Kier molecular flexibility index (Phi) is 3.94. The van der Waals surface area contributed by atoms with Gasteiger partial charge in [-0.2, -0.15) is 0 Å². The molecule has 0 bridgehead atoms. The maximum Gasteiger partial charge on any atom is 0.242 e. The van der Waals surface area contributed by atoms with Crippen LogP contribution in [0.4, 0.5) is 0 Å². The minimum absolute atomic E-state index is 0.152. The normalized spacial score (nSPS) is 15.7. The van der Waals surface area contributed by atoms with Crippen molar-refractivity contribution in [3.05, 3.63) is 36.8 Å². The van der Waals surface area contributed by atoms with E-state index in [9.17, 15) is 4.79 Å². The number of piperazine rings is 1. The molecule has 4 aromatic rings. The number of amides is 1. The molecule has 1 saturated heterocycles. The molecule has 5 heterocycles. The minimum Gasteiger partial charge on any atom is -0.339 e. The Morgan fingerprint density at radius 3 is 2.86 bits per heavy atom. The van der Waals surface area contributed by atoms with Crippen LogP contribution in [0.2, 0.25) is 0 Å². The first kappa shape index (κ1) is 17.0. The molecule has 0 aromatic carbocycles. The van der Waals surface area contributed by atoms with Crippen molar-refractivity contribution in [2.75, 3.05) is 33.2 Å². The Morgan fingerprint density at radius 2 is 2.04 bits per heavy atom. The van der Waals surface area contributed by atoms with Gasteiger partial charge in [-0.3, -0.25) is 9.48 Å². The molecule has 4 aromatic heterocycles. The third kappa shape index (κ3) is 2.77. The molecular formula is C20H23N7O. The fraction of sp³-hybridized carbons (Fsp3) is 0.350. The number of aromatic amines is 1. The van der Waals surface area contributed by atoms with Crippen molar-refractivity contribution in [3.63, 3.8) is 0 Å². The number of carbonyl (C=O) groups is 1. The van der Waals surface area contributed by atoms with E-state index in [1.165, 1.54) is 0 Å². The lowest BCUT2D eigenvalue weighted by atomic mass is 10.2. The molecule has 1 fully saturated rings. The molecular weight excluding hydrogens is 354 g/mol. The van der Waals surface area contributed by atoms with Crippen molar-refractivity contribution in [2.24, 2.45) is 7.05 Å². The molecule has 0 saturated carbocycles. The highest BCUT2D eigenvalue weighted by atomic mass is 16.2. The summed E-state index contributed by atoms with van der Waals surface area (Å²) in [6.07, 6.45) is 5.72. The summed E-state index contributed by atoms with van der Waals surface area (Å²) >= 11 is 0. The number of nitrogens with zero attached hydrogens (tertiary/aromatic N) is 6. The molecule has 0 unspecified atom stereocenters. The van der Waals surface area contributed by atoms with Gasteiger partial charge in [0.2, 0.25) is 5.91 Å². The number of hydrogen-bond donors (Lipinski definition) is 1. The highest BCUT2D eigenvalue weighted by Gasteiger charge is 2.20. The van der Waals surface area contributed by atoms with E-state index in [1.54, 1.807) is 0 Å². The minimum atomic E-state index is 0.152. The molecule has 1 N–H and O–H groups in total. The third-order valence-electron chi connectivity index (χ3n) is 5.61. The zero-order valence-corrected chi connectivity index (χ0v) is 16.1. The van der Waals surface area contributed by atoms with Crippen LogP contribution in [0.15, 0.2) is 36.8 Å². The summed E-state index contributed by atoms with van der Waals surface area (Å²) < 4.78 is 3.96. The average molecular weight is 377 g/mol. The van der Waals surface area contributed by atoms with Gasteiger partial charge in [-0.25, -0.2) is 9.97 Å². The van der Waals surface area contributed by atoms with E-state index in [1.807, 2.05) is 51.9 Å². The lowest BCUT2D eigenvalue weighted by Gasteiger charge is -2.32. The van der Waals surface area contributed by atoms with Crippen LogP contribution >= 0.6 is 0 Å². The van der Waals surface area contributed by atoms with Crippen molar-refractivity contribution in [2.45, 2.75) is 6.54 Å². The van der Waals surface area contributed by atoms with Gasteiger partial charge in [0.25, 0.3) is 0 Å². The number of fused-ring (bicyclic) bond motifs is 3. The molecule has 1 amide bonds. The largest absolute Gasteiger partial charge is 0.339 e. The van der Waals surface area contributed by atoms with Crippen LogP contribution in [-0.4, -0.2) is 73.2 Å². The van der Waals surface area contributed by atoms with E-state index in [0.717, 1.165) is 59.5 Å². The second-order valence-corrected chi connectivity index (χ2v) is 7.48. The quantitative estimate of drug-likeness (QED) is 0.590. The second kappa shape index (κ2) is 6.49. The van der Waals surface area contributed by atoms with E-state index in [4.69, 9.17) is 4.98 Å². The number of likely N-dealkylation sites (N-methyl/N-ethyl adjacent to an activating group) is 1. The third-order valence-corrected chi connectivity index (χ3v) is 5.61. The number of aryl methyl sites for hydroxylation is 1. The van der Waals surface area contributed by atoms with Gasteiger partial charge in [-0.05, 0) is 25.2 Å². The summed E-state index contributed by atoms with van der Waals surface area (Å²) in [4.78, 5) is 26.2. The Morgan fingerprint density at radius 1 is 1.21 bits per heavy atom. The lowest BCUT2D eigenvalue weighted by molar-refractivity contribution is -0.133. The molecule has 0 aliphatic carbocycles. The number of pyridine rings is 1. The predicted octanol–water partition coefficient (Wildman–Crippen LogP) is 1.69. The molecule has 1 aliphatic heterocycles.